The van der Waals surface area contributed by atoms with Gasteiger partial charge in [-0.25, -0.2) is 13.1 Å². The summed E-state index contributed by atoms with van der Waals surface area (Å²) in [5.74, 6) is 0.527. The number of hydrogen-bond donors (Lipinski definition) is 3. The molecule has 2 aromatic carbocycles. The van der Waals surface area contributed by atoms with Gasteiger partial charge in [-0.05, 0) is 67.9 Å². The summed E-state index contributed by atoms with van der Waals surface area (Å²) >= 11 is 6.10. The smallest absolute Gasteiger partial charge is 0.240 e. The lowest BCUT2D eigenvalue weighted by atomic mass is 10.1. The summed E-state index contributed by atoms with van der Waals surface area (Å²) in [5, 5.41) is 12.0. The van der Waals surface area contributed by atoms with Crippen LogP contribution in [0.15, 0.2) is 53.6 Å². The molecule has 8 nitrogen and oxygen atoms in total. The number of nitrogens with one attached hydrogen (secondary N) is 2. The molecule has 3 N–H and O–H groups in total. The first-order chi connectivity index (χ1) is 16.8. The minimum absolute atomic E-state index is 0.162. The Bertz CT molecular complexity index is 1210. The lowest BCUT2D eigenvalue weighted by Gasteiger charge is -2.33. The van der Waals surface area contributed by atoms with Gasteiger partial charge in [0.2, 0.25) is 10.0 Å². The molecule has 10 heteroatoms. The maximum Gasteiger partial charge on any atom is 0.240 e. The zero-order chi connectivity index (χ0) is 24.8. The third kappa shape index (κ3) is 7.19. The SMILES string of the molecule is CN1CCN(C[C@@H](O)COc2ccc(S(=O)(=O)NCCCc3c[nH]c4ccc(Cl)cc34)cc2)CC1. The normalized spacial score (nSPS) is 16.5. The van der Waals surface area contributed by atoms with E-state index < -0.39 is 16.1 Å². The highest BCUT2D eigenvalue weighted by Crippen LogP contribution is 2.23. The maximum absolute atomic E-state index is 12.6. The molecule has 1 fully saturated rings. The third-order valence-corrected chi connectivity index (χ3v) is 8.00. The van der Waals surface area contributed by atoms with E-state index in [0.717, 1.165) is 49.1 Å². The number of rotatable bonds is 11. The molecule has 0 radical (unpaired) electrons. The van der Waals surface area contributed by atoms with Crippen LogP contribution in [0.1, 0.15) is 12.0 Å². The monoisotopic (exact) mass is 520 g/mol. The zero-order valence-corrected chi connectivity index (χ0v) is 21.5. The van der Waals surface area contributed by atoms with E-state index in [-0.39, 0.29) is 11.5 Å². The number of ether oxygens (including phenoxy) is 1. The molecule has 35 heavy (non-hydrogen) atoms. The number of nitrogens with zero attached hydrogens (tertiary/aromatic N) is 2. The van der Waals surface area contributed by atoms with Crippen LogP contribution in [0.25, 0.3) is 10.9 Å². The number of hydrogen-bond acceptors (Lipinski definition) is 6. The maximum atomic E-state index is 12.6. The topological polar surface area (TPSA) is 97.9 Å². The molecule has 3 aromatic rings. The highest BCUT2D eigenvalue weighted by atomic mass is 35.5. The van der Waals surface area contributed by atoms with E-state index in [0.29, 0.717) is 30.3 Å². The van der Waals surface area contributed by atoms with Crippen LogP contribution in [0.4, 0.5) is 0 Å². The molecular weight excluding hydrogens is 488 g/mol. The van der Waals surface area contributed by atoms with Crippen molar-refractivity contribution in [2.75, 3.05) is 52.9 Å². The molecule has 1 aromatic heterocycles. The van der Waals surface area contributed by atoms with E-state index in [1.165, 1.54) is 12.1 Å². The zero-order valence-electron chi connectivity index (χ0n) is 19.9. The fraction of sp³-hybridized carbons (Fsp3) is 0.440. The van der Waals surface area contributed by atoms with Gasteiger partial charge in [0.1, 0.15) is 18.5 Å². The van der Waals surface area contributed by atoms with Crippen LogP contribution >= 0.6 is 11.6 Å². The van der Waals surface area contributed by atoms with Crippen LogP contribution in [0.3, 0.4) is 0 Å². The first-order valence-corrected chi connectivity index (χ1v) is 13.7. The standard InChI is InChI=1S/C25H33ClN4O4S/c1-29-11-13-30(14-12-29)17-21(31)18-34-22-5-7-23(8-6-22)35(32,33)28-10-2-3-19-16-27-25-9-4-20(26)15-24(19)25/h4-9,15-16,21,27-28,31H,2-3,10-14,17-18H2,1H3/t21-/m1/s1. The Hall–Kier alpha value is -2.14. The van der Waals surface area contributed by atoms with Gasteiger partial charge in [-0.3, -0.25) is 4.90 Å². The predicted octanol–water partition coefficient (Wildman–Crippen LogP) is 2.72. The second-order valence-electron chi connectivity index (χ2n) is 9.05. The van der Waals surface area contributed by atoms with Gasteiger partial charge in [-0.1, -0.05) is 11.6 Å². The predicted molar refractivity (Wildman–Crippen MR) is 139 cm³/mol. The van der Waals surface area contributed by atoms with Gasteiger partial charge in [0.15, 0.2) is 0 Å². The Morgan fingerprint density at radius 3 is 2.63 bits per heavy atom. The summed E-state index contributed by atoms with van der Waals surface area (Å²) < 4.78 is 33.6. The van der Waals surface area contributed by atoms with Gasteiger partial charge in [0.25, 0.3) is 0 Å². The Morgan fingerprint density at radius 2 is 1.89 bits per heavy atom. The quantitative estimate of drug-likeness (QED) is 0.336. The van der Waals surface area contributed by atoms with Crippen molar-refractivity contribution in [3.05, 3.63) is 59.2 Å². The lowest BCUT2D eigenvalue weighted by molar-refractivity contribution is 0.0504. The molecule has 190 valence electrons. The molecule has 4 rings (SSSR count). The molecule has 0 amide bonds. The molecule has 0 unspecified atom stereocenters. The molecule has 0 bridgehead atoms. The number of β-amino-alcohol motifs (C(OH)–C–C–N with tert-alkyl or cyclic N) is 1. The van der Waals surface area contributed by atoms with Crippen molar-refractivity contribution in [2.45, 2.75) is 23.8 Å². The van der Waals surface area contributed by atoms with Gasteiger partial charge in [0, 0.05) is 61.4 Å². The number of H-pyrrole nitrogens is 1. The number of halogens is 1. The highest BCUT2D eigenvalue weighted by Gasteiger charge is 2.18. The number of piperazine rings is 1. The van der Waals surface area contributed by atoms with Crippen molar-refractivity contribution >= 4 is 32.5 Å². The molecule has 1 atom stereocenters. The third-order valence-electron chi connectivity index (χ3n) is 6.29. The van der Waals surface area contributed by atoms with Crippen molar-refractivity contribution in [2.24, 2.45) is 0 Å². The molecule has 0 aliphatic carbocycles. The second kappa shape index (κ2) is 11.7. The minimum Gasteiger partial charge on any atom is -0.491 e. The molecule has 1 saturated heterocycles. The second-order valence-corrected chi connectivity index (χ2v) is 11.2. The van der Waals surface area contributed by atoms with Gasteiger partial charge < -0.3 is 19.7 Å². The summed E-state index contributed by atoms with van der Waals surface area (Å²) in [5.41, 5.74) is 2.12. The number of aryl methyl sites for hydroxylation is 1. The number of fused-ring (bicyclic) bond motifs is 1. The van der Waals surface area contributed by atoms with E-state index in [9.17, 15) is 13.5 Å². The number of aliphatic hydroxyl groups is 1. The number of aliphatic hydroxyl groups excluding tert-OH is 1. The number of sulfonamides is 1. The lowest BCUT2D eigenvalue weighted by Crippen LogP contribution is -2.47. The molecule has 1 aliphatic heterocycles. The van der Waals surface area contributed by atoms with Crippen molar-refractivity contribution < 1.29 is 18.3 Å². The molecule has 2 heterocycles. The summed E-state index contributed by atoms with van der Waals surface area (Å²) in [7, 11) is -1.52. The molecule has 0 spiro atoms. The minimum atomic E-state index is -3.62. The Labute approximate surface area is 211 Å². The fourth-order valence-electron chi connectivity index (χ4n) is 4.21. The molecular formula is C25H33ClN4O4S. The number of likely N-dealkylation sites (N-methyl/N-ethyl adjacent to an activating group) is 1. The van der Waals surface area contributed by atoms with Gasteiger partial charge in [-0.2, -0.15) is 0 Å². The Morgan fingerprint density at radius 1 is 1.14 bits per heavy atom. The van der Waals surface area contributed by atoms with E-state index >= 15 is 0 Å². The van der Waals surface area contributed by atoms with Gasteiger partial charge in [0.05, 0.1) is 4.90 Å². The first-order valence-electron chi connectivity index (χ1n) is 11.9. The Balaban J connectivity index is 1.21. The summed E-state index contributed by atoms with van der Waals surface area (Å²) in [6, 6.07) is 12.0. The van der Waals surface area contributed by atoms with Crippen molar-refractivity contribution in [1.29, 1.82) is 0 Å². The van der Waals surface area contributed by atoms with Crippen LogP contribution in [0.2, 0.25) is 5.02 Å². The van der Waals surface area contributed by atoms with Crippen LogP contribution in [-0.2, 0) is 16.4 Å². The van der Waals surface area contributed by atoms with E-state index in [1.54, 1.807) is 12.1 Å². The fourth-order valence-corrected chi connectivity index (χ4v) is 5.46. The molecule has 0 saturated carbocycles. The number of aromatic nitrogens is 1. The van der Waals surface area contributed by atoms with Crippen LogP contribution < -0.4 is 9.46 Å². The first kappa shape index (κ1) is 25.9. The van der Waals surface area contributed by atoms with Crippen LogP contribution in [0, 0.1) is 0 Å². The summed E-state index contributed by atoms with van der Waals surface area (Å²) in [6.45, 7) is 4.91. The highest BCUT2D eigenvalue weighted by molar-refractivity contribution is 7.89. The van der Waals surface area contributed by atoms with E-state index in [2.05, 4.69) is 26.6 Å². The van der Waals surface area contributed by atoms with Crippen LogP contribution in [-0.4, -0.2) is 87.3 Å². The van der Waals surface area contributed by atoms with Crippen molar-refractivity contribution in [3.63, 3.8) is 0 Å². The van der Waals surface area contributed by atoms with Crippen molar-refractivity contribution in [1.82, 2.24) is 19.5 Å². The average Bonchev–Trinajstić information content (AvgIpc) is 3.24. The van der Waals surface area contributed by atoms with E-state index in [1.807, 2.05) is 24.4 Å². The largest absolute Gasteiger partial charge is 0.491 e. The summed E-state index contributed by atoms with van der Waals surface area (Å²) in [4.78, 5) is 7.89. The number of aromatic amines is 1. The average molecular weight is 521 g/mol. The van der Waals surface area contributed by atoms with Gasteiger partial charge in [-0.15, -0.1) is 0 Å². The molecule has 1 aliphatic rings. The van der Waals surface area contributed by atoms with Gasteiger partial charge >= 0.3 is 0 Å². The Kier molecular flexibility index (Phi) is 8.69. The van der Waals surface area contributed by atoms with Crippen molar-refractivity contribution in [3.8, 4) is 5.75 Å². The summed E-state index contributed by atoms with van der Waals surface area (Å²) in [6.07, 6.45) is 2.73. The van der Waals surface area contributed by atoms with Crippen LogP contribution in [0.5, 0.6) is 5.75 Å². The van der Waals surface area contributed by atoms with E-state index in [4.69, 9.17) is 16.3 Å². The number of benzene rings is 2.